The minimum Gasteiger partial charge on any atom is -0.454 e. The molecule has 0 radical (unpaired) electrons. The van der Waals surface area contributed by atoms with Gasteiger partial charge in [0.05, 0.1) is 23.3 Å². The first-order valence-electron chi connectivity index (χ1n) is 10.5. The maximum Gasteiger partial charge on any atom is 0.416 e. The molecule has 0 unspecified atom stereocenters. The maximum atomic E-state index is 13.3. The smallest absolute Gasteiger partial charge is 0.416 e. The first-order valence-corrected chi connectivity index (χ1v) is 10.9. The molecule has 2 aromatic carbocycles. The number of rotatable bonds is 2. The van der Waals surface area contributed by atoms with E-state index in [1.54, 1.807) is 18.2 Å². The molecule has 0 saturated carbocycles. The second kappa shape index (κ2) is 7.23. The van der Waals surface area contributed by atoms with Crippen molar-refractivity contribution in [2.75, 3.05) is 23.6 Å². The third-order valence-electron chi connectivity index (χ3n) is 6.58. The number of nitrogens with one attached hydrogen (secondary N) is 1. The molecule has 1 N–H and O–H groups in total. The van der Waals surface area contributed by atoms with Crippen LogP contribution in [0, 0.1) is 0 Å². The number of likely N-dealkylation sites (tertiary alicyclic amines) is 1. The number of piperazine rings is 1. The normalized spacial score (nSPS) is 24.8. The van der Waals surface area contributed by atoms with E-state index in [0.29, 0.717) is 35.3 Å². The Balaban J connectivity index is 1.23. The summed E-state index contributed by atoms with van der Waals surface area (Å²) in [5, 5.41) is 3.53. The molecule has 6 rings (SSSR count). The number of hydrogen-bond donors (Lipinski definition) is 1. The standard InChI is InChI=1S/C22H17F3N4O4S/c23-22(24,25)11-2-1-3-13(6-11)29-19(30)18-15-8-14(28(18)21(29)31)9-27(15)20(34)26-12-4-5-16-17(7-12)33-10-32-16/h1-7,14-15,18H,8-10H2,(H,26,34)/t14-,15-,18+/m0/s1. The van der Waals surface area contributed by atoms with Gasteiger partial charge in [-0.3, -0.25) is 4.79 Å². The zero-order chi connectivity index (χ0) is 23.8. The average molecular weight is 490 g/mol. The van der Waals surface area contributed by atoms with Crippen LogP contribution >= 0.6 is 12.2 Å². The van der Waals surface area contributed by atoms with Gasteiger partial charge in [-0.15, -0.1) is 0 Å². The minimum atomic E-state index is -4.58. The van der Waals surface area contributed by atoms with Gasteiger partial charge in [0, 0.05) is 18.3 Å². The van der Waals surface area contributed by atoms with Gasteiger partial charge in [-0.05, 0) is 49.0 Å². The van der Waals surface area contributed by atoms with E-state index in [1.807, 2.05) is 4.90 Å². The van der Waals surface area contributed by atoms with Crippen molar-refractivity contribution < 1.29 is 32.2 Å². The highest BCUT2D eigenvalue weighted by atomic mass is 32.1. The number of alkyl halides is 3. The van der Waals surface area contributed by atoms with E-state index in [2.05, 4.69) is 5.32 Å². The molecule has 176 valence electrons. The van der Waals surface area contributed by atoms with Gasteiger partial charge >= 0.3 is 12.2 Å². The van der Waals surface area contributed by atoms with Gasteiger partial charge in [-0.1, -0.05) is 6.07 Å². The minimum absolute atomic E-state index is 0.0914. The van der Waals surface area contributed by atoms with Crippen molar-refractivity contribution in [2.45, 2.75) is 30.7 Å². The van der Waals surface area contributed by atoms with Gasteiger partial charge in [0.1, 0.15) is 6.04 Å². The van der Waals surface area contributed by atoms with Crippen LogP contribution in [-0.2, 0) is 11.0 Å². The van der Waals surface area contributed by atoms with Gasteiger partial charge in [-0.25, -0.2) is 9.69 Å². The van der Waals surface area contributed by atoms with E-state index in [-0.39, 0.29) is 24.6 Å². The van der Waals surface area contributed by atoms with Gasteiger partial charge < -0.3 is 24.6 Å². The van der Waals surface area contributed by atoms with Crippen LogP contribution in [0.4, 0.5) is 29.3 Å². The SMILES string of the molecule is O=C1[C@H]2[C@@H]3C[C@@H](CN3C(=S)Nc3ccc4c(c3)OCO4)N2C(=O)N1c1cccc(C(F)(F)F)c1. The summed E-state index contributed by atoms with van der Waals surface area (Å²) in [5.41, 5.74) is -0.323. The summed E-state index contributed by atoms with van der Waals surface area (Å²) in [4.78, 5) is 30.5. The Bertz CT molecular complexity index is 1240. The molecule has 4 aliphatic heterocycles. The van der Waals surface area contributed by atoms with Crippen molar-refractivity contribution in [3.05, 3.63) is 48.0 Å². The molecule has 2 bridgehead atoms. The number of anilines is 2. The summed E-state index contributed by atoms with van der Waals surface area (Å²) in [6, 6.07) is 7.52. The molecule has 3 amide bonds. The van der Waals surface area contributed by atoms with E-state index in [4.69, 9.17) is 21.7 Å². The quantitative estimate of drug-likeness (QED) is 0.511. The third-order valence-corrected chi connectivity index (χ3v) is 6.92. The van der Waals surface area contributed by atoms with Gasteiger partial charge in [-0.2, -0.15) is 13.2 Å². The molecular weight excluding hydrogens is 473 g/mol. The van der Waals surface area contributed by atoms with Crippen molar-refractivity contribution in [3.63, 3.8) is 0 Å². The van der Waals surface area contributed by atoms with Crippen molar-refractivity contribution in [1.29, 1.82) is 0 Å². The molecule has 3 saturated heterocycles. The Hall–Kier alpha value is -3.54. The van der Waals surface area contributed by atoms with Crippen LogP contribution in [0.15, 0.2) is 42.5 Å². The van der Waals surface area contributed by atoms with Crippen LogP contribution in [0.2, 0.25) is 0 Å². The van der Waals surface area contributed by atoms with Crippen molar-refractivity contribution in [2.24, 2.45) is 0 Å². The largest absolute Gasteiger partial charge is 0.454 e. The van der Waals surface area contributed by atoms with E-state index in [9.17, 15) is 22.8 Å². The summed E-state index contributed by atoms with van der Waals surface area (Å²) in [6.07, 6.45) is -4.03. The number of halogens is 3. The Morgan fingerprint density at radius 3 is 2.68 bits per heavy atom. The number of hydrogen-bond acceptors (Lipinski definition) is 5. The number of urea groups is 1. The zero-order valence-electron chi connectivity index (χ0n) is 17.4. The van der Waals surface area contributed by atoms with Crippen LogP contribution < -0.4 is 19.7 Å². The molecule has 0 spiro atoms. The highest BCUT2D eigenvalue weighted by molar-refractivity contribution is 7.80. The molecule has 2 aromatic rings. The van der Waals surface area contributed by atoms with Crippen LogP contribution in [0.3, 0.4) is 0 Å². The van der Waals surface area contributed by atoms with Crippen molar-refractivity contribution >= 4 is 40.6 Å². The van der Waals surface area contributed by atoms with E-state index in [0.717, 1.165) is 17.0 Å². The molecule has 4 heterocycles. The number of imide groups is 1. The Kier molecular flexibility index (Phi) is 4.47. The zero-order valence-corrected chi connectivity index (χ0v) is 18.2. The fourth-order valence-electron chi connectivity index (χ4n) is 5.12. The highest BCUT2D eigenvalue weighted by Gasteiger charge is 2.62. The first-order chi connectivity index (χ1) is 16.2. The Morgan fingerprint density at radius 2 is 1.88 bits per heavy atom. The number of thiocarbonyl (C=S) groups is 1. The number of nitrogens with zero attached hydrogens (tertiary/aromatic N) is 3. The van der Waals surface area contributed by atoms with Crippen LogP contribution in [0.1, 0.15) is 12.0 Å². The third kappa shape index (κ3) is 3.08. The highest BCUT2D eigenvalue weighted by Crippen LogP contribution is 2.43. The summed E-state index contributed by atoms with van der Waals surface area (Å²) in [7, 11) is 0. The number of carbonyl (C=O) groups is 2. The number of ether oxygens (including phenoxy) is 2. The molecule has 4 aliphatic rings. The second-order valence-corrected chi connectivity index (χ2v) is 8.85. The topological polar surface area (TPSA) is 74.4 Å². The first kappa shape index (κ1) is 21.0. The Labute approximate surface area is 196 Å². The fraction of sp³-hybridized carbons (Fsp3) is 0.318. The van der Waals surface area contributed by atoms with Crippen molar-refractivity contribution in [1.82, 2.24) is 9.80 Å². The lowest BCUT2D eigenvalue weighted by Gasteiger charge is -2.36. The lowest BCUT2D eigenvalue weighted by molar-refractivity contribution is -0.137. The molecule has 0 aliphatic carbocycles. The number of fused-ring (bicyclic) bond motifs is 6. The molecule has 0 aromatic heterocycles. The van der Waals surface area contributed by atoms with Crippen LogP contribution in [0.5, 0.6) is 11.5 Å². The predicted octanol–water partition coefficient (Wildman–Crippen LogP) is 3.42. The summed E-state index contributed by atoms with van der Waals surface area (Å²) >= 11 is 5.59. The number of amides is 3. The second-order valence-electron chi connectivity index (χ2n) is 8.46. The lowest BCUT2D eigenvalue weighted by Crippen LogP contribution is -2.55. The molecule has 8 nitrogen and oxygen atoms in total. The molecule has 34 heavy (non-hydrogen) atoms. The lowest BCUT2D eigenvalue weighted by atomic mass is 10.1. The molecular formula is C22H17F3N4O4S. The van der Waals surface area contributed by atoms with E-state index in [1.165, 1.54) is 17.0 Å². The summed E-state index contributed by atoms with van der Waals surface area (Å²) in [5.74, 6) is 0.680. The number of carbonyl (C=O) groups excluding carboxylic acids is 2. The fourth-order valence-corrected chi connectivity index (χ4v) is 5.45. The number of benzene rings is 2. The van der Waals surface area contributed by atoms with Gasteiger partial charge in [0.2, 0.25) is 6.79 Å². The van der Waals surface area contributed by atoms with Crippen molar-refractivity contribution in [3.8, 4) is 11.5 Å². The van der Waals surface area contributed by atoms with Gasteiger partial charge in [0.25, 0.3) is 5.91 Å². The predicted molar refractivity (Wildman–Crippen MR) is 118 cm³/mol. The molecule has 3 atom stereocenters. The molecule has 12 heteroatoms. The monoisotopic (exact) mass is 490 g/mol. The molecule has 3 fully saturated rings. The average Bonchev–Trinajstić information content (AvgIpc) is 3.56. The van der Waals surface area contributed by atoms with Gasteiger partial charge in [0.15, 0.2) is 16.6 Å². The Morgan fingerprint density at radius 1 is 1.09 bits per heavy atom. The van der Waals surface area contributed by atoms with Crippen LogP contribution in [0.25, 0.3) is 0 Å². The van der Waals surface area contributed by atoms with E-state index < -0.39 is 29.7 Å². The summed E-state index contributed by atoms with van der Waals surface area (Å²) in [6.45, 7) is 0.572. The van der Waals surface area contributed by atoms with E-state index >= 15 is 0 Å². The van der Waals surface area contributed by atoms with Crippen LogP contribution in [-0.4, -0.2) is 58.3 Å². The summed E-state index contributed by atoms with van der Waals surface area (Å²) < 4.78 is 50.2. The maximum absolute atomic E-state index is 13.3.